The van der Waals surface area contributed by atoms with Gasteiger partial charge in [0.1, 0.15) is 5.75 Å². The second-order valence-electron chi connectivity index (χ2n) is 6.99. The Morgan fingerprint density at radius 2 is 1.62 bits per heavy atom. The molecule has 0 fully saturated rings. The summed E-state index contributed by atoms with van der Waals surface area (Å²) in [5.74, 6) is -1.59. The summed E-state index contributed by atoms with van der Waals surface area (Å²) in [5.41, 5.74) is 2.73. The highest BCUT2D eigenvalue weighted by Gasteiger charge is 2.22. The van der Waals surface area contributed by atoms with Crippen LogP contribution in [0.2, 0.25) is 0 Å². The van der Waals surface area contributed by atoms with Crippen molar-refractivity contribution in [1.82, 2.24) is 10.1 Å². The lowest BCUT2D eigenvalue weighted by Crippen LogP contribution is -2.00. The number of fused-ring (bicyclic) bond motifs is 1. The molecule has 8 heteroatoms. The van der Waals surface area contributed by atoms with E-state index in [-0.39, 0.29) is 17.4 Å². The van der Waals surface area contributed by atoms with Crippen LogP contribution in [0.4, 0.5) is 0 Å². The quantitative estimate of drug-likeness (QED) is 0.357. The Balaban J connectivity index is 1.62. The summed E-state index contributed by atoms with van der Waals surface area (Å²) in [7, 11) is 0. The first-order valence-corrected chi connectivity index (χ1v) is 10.4. The highest BCUT2D eigenvalue weighted by atomic mass is 32.1. The van der Waals surface area contributed by atoms with Gasteiger partial charge in [-0.25, -0.2) is 4.79 Å². The van der Waals surface area contributed by atoms with Crippen molar-refractivity contribution in [3.63, 3.8) is 0 Å². The van der Waals surface area contributed by atoms with Gasteiger partial charge in [-0.15, -0.1) is 11.3 Å². The topological polar surface area (TPSA) is 114 Å². The number of carboxylic acid groups (broad SMARTS) is 1. The van der Waals surface area contributed by atoms with Crippen molar-refractivity contribution in [2.75, 3.05) is 0 Å². The van der Waals surface area contributed by atoms with Gasteiger partial charge in [-0.1, -0.05) is 59.8 Å². The van der Waals surface area contributed by atoms with Crippen molar-refractivity contribution in [2.24, 2.45) is 0 Å². The Bertz CT molecular complexity index is 1470. The molecule has 0 atom stereocenters. The van der Waals surface area contributed by atoms with Crippen molar-refractivity contribution >= 4 is 33.2 Å². The lowest BCUT2D eigenvalue weighted by atomic mass is 9.97. The average Bonchev–Trinajstić information content (AvgIpc) is 3.44. The highest BCUT2D eigenvalue weighted by molar-refractivity contribution is 7.21. The molecule has 0 aliphatic carbocycles. The van der Waals surface area contributed by atoms with Gasteiger partial charge in [0.2, 0.25) is 11.6 Å². The summed E-state index contributed by atoms with van der Waals surface area (Å²) in [6, 6.07) is 21.2. The highest BCUT2D eigenvalue weighted by Crippen LogP contribution is 2.41. The smallest absolute Gasteiger partial charge is 0.394 e. The molecule has 0 aliphatic heterocycles. The van der Waals surface area contributed by atoms with Gasteiger partial charge in [0, 0.05) is 26.8 Å². The van der Waals surface area contributed by atoms with Crippen LogP contribution in [0.3, 0.4) is 0 Å². The predicted molar refractivity (Wildman–Crippen MR) is 119 cm³/mol. The fourth-order valence-electron chi connectivity index (χ4n) is 3.47. The number of phenolic OH excluding ortho intramolecular Hbond substituents is 1. The van der Waals surface area contributed by atoms with E-state index in [9.17, 15) is 14.7 Å². The molecule has 2 N–H and O–H groups in total. The van der Waals surface area contributed by atoms with E-state index < -0.39 is 11.9 Å². The van der Waals surface area contributed by atoms with Crippen LogP contribution in [0.1, 0.15) is 25.9 Å². The van der Waals surface area contributed by atoms with E-state index in [1.165, 1.54) is 11.3 Å². The second kappa shape index (κ2) is 7.75. The number of carbonyl (C=O) groups excluding carboxylic acids is 1. The number of ketones is 1. The number of rotatable bonds is 5. The molecule has 5 aromatic rings. The third-order valence-corrected chi connectivity index (χ3v) is 6.11. The summed E-state index contributed by atoms with van der Waals surface area (Å²) < 4.78 is 5.52. The number of carbonyl (C=O) groups is 2. The Labute approximate surface area is 185 Å². The van der Waals surface area contributed by atoms with Crippen molar-refractivity contribution in [1.29, 1.82) is 0 Å². The molecule has 0 spiro atoms. The normalized spacial score (nSPS) is 11.0. The van der Waals surface area contributed by atoms with Crippen LogP contribution < -0.4 is 0 Å². The van der Waals surface area contributed by atoms with Crippen molar-refractivity contribution in [3.05, 3.63) is 89.1 Å². The van der Waals surface area contributed by atoms with E-state index in [1.807, 2.05) is 30.3 Å². The summed E-state index contributed by atoms with van der Waals surface area (Å²) >= 11 is 1.33. The van der Waals surface area contributed by atoms with Crippen LogP contribution in [-0.4, -0.2) is 32.1 Å². The van der Waals surface area contributed by atoms with Gasteiger partial charge in [-0.2, -0.15) is 4.98 Å². The van der Waals surface area contributed by atoms with Crippen LogP contribution in [-0.2, 0) is 0 Å². The van der Waals surface area contributed by atoms with Crippen molar-refractivity contribution in [2.45, 2.75) is 0 Å². The minimum Gasteiger partial charge on any atom is -0.508 e. The number of aromatic carboxylic acids is 1. The summed E-state index contributed by atoms with van der Waals surface area (Å²) in [6.07, 6.45) is 0. The summed E-state index contributed by atoms with van der Waals surface area (Å²) in [5, 5.41) is 23.4. The first kappa shape index (κ1) is 19.7. The zero-order chi connectivity index (χ0) is 22.2. The molecule has 5 rings (SSSR count). The number of aromatic nitrogens is 2. The van der Waals surface area contributed by atoms with Gasteiger partial charge < -0.3 is 14.7 Å². The van der Waals surface area contributed by atoms with Crippen LogP contribution in [0.25, 0.3) is 32.6 Å². The zero-order valence-electron chi connectivity index (χ0n) is 16.4. The van der Waals surface area contributed by atoms with E-state index in [1.54, 1.807) is 42.5 Å². The molecule has 0 amide bonds. The summed E-state index contributed by atoms with van der Waals surface area (Å²) in [4.78, 5) is 28.7. The molecule has 3 aromatic carbocycles. The van der Waals surface area contributed by atoms with E-state index in [2.05, 4.69) is 10.1 Å². The first-order chi connectivity index (χ1) is 15.5. The van der Waals surface area contributed by atoms with Crippen LogP contribution in [0, 0.1) is 0 Å². The average molecular weight is 442 g/mol. The van der Waals surface area contributed by atoms with Crippen LogP contribution in [0.5, 0.6) is 5.75 Å². The van der Waals surface area contributed by atoms with Gasteiger partial charge in [0.25, 0.3) is 0 Å². The molecule has 0 radical (unpaired) electrons. The van der Waals surface area contributed by atoms with Gasteiger partial charge in [0.15, 0.2) is 0 Å². The number of phenols is 1. The van der Waals surface area contributed by atoms with Crippen LogP contribution >= 0.6 is 11.3 Å². The SMILES string of the molecule is O=C(O)c1nc(-c2ccc(-c3c(C(=O)c4ccccc4)sc4cc(O)ccc34)cc2)no1. The molecule has 2 heterocycles. The molecule has 0 aliphatic rings. The molecular formula is C24H14N2O5S. The van der Waals surface area contributed by atoms with Gasteiger partial charge >= 0.3 is 11.9 Å². The van der Waals surface area contributed by atoms with E-state index in [0.29, 0.717) is 16.0 Å². The second-order valence-corrected chi connectivity index (χ2v) is 8.04. The van der Waals surface area contributed by atoms with Gasteiger partial charge in [-0.3, -0.25) is 4.79 Å². The largest absolute Gasteiger partial charge is 0.508 e. The van der Waals surface area contributed by atoms with Gasteiger partial charge in [-0.05, 0) is 23.8 Å². The first-order valence-electron chi connectivity index (χ1n) is 9.54. The molecule has 2 aromatic heterocycles. The number of hydrogen-bond donors (Lipinski definition) is 2. The number of carboxylic acids is 1. The molecule has 0 unspecified atom stereocenters. The number of aromatic hydroxyl groups is 1. The Kier molecular flexibility index (Phi) is 4.76. The minimum absolute atomic E-state index is 0.102. The fourth-order valence-corrected chi connectivity index (χ4v) is 4.69. The Morgan fingerprint density at radius 3 is 2.31 bits per heavy atom. The zero-order valence-corrected chi connectivity index (χ0v) is 17.2. The maximum atomic E-state index is 13.3. The minimum atomic E-state index is -1.29. The number of benzene rings is 3. The fraction of sp³-hybridized carbons (Fsp3) is 0. The number of hydrogen-bond acceptors (Lipinski definition) is 7. The molecule has 0 saturated heterocycles. The number of thiophene rings is 1. The van der Waals surface area contributed by atoms with E-state index in [0.717, 1.165) is 21.2 Å². The molecule has 7 nitrogen and oxygen atoms in total. The van der Waals surface area contributed by atoms with Crippen molar-refractivity contribution in [3.8, 4) is 28.3 Å². The standard InChI is InChI=1S/C24H14N2O5S/c27-16-10-11-17-18(12-16)32-21(20(28)14-4-2-1-3-5-14)19(17)13-6-8-15(9-7-13)22-25-23(24(29)30)31-26-22/h1-12,27H,(H,29,30). The molecule has 32 heavy (non-hydrogen) atoms. The van der Waals surface area contributed by atoms with Crippen molar-refractivity contribution < 1.29 is 24.3 Å². The maximum absolute atomic E-state index is 13.3. The molecule has 156 valence electrons. The third-order valence-electron chi connectivity index (χ3n) is 4.96. The Morgan fingerprint density at radius 1 is 0.906 bits per heavy atom. The maximum Gasteiger partial charge on any atom is 0.394 e. The molecule has 0 bridgehead atoms. The predicted octanol–water partition coefficient (Wildman–Crippen LogP) is 5.25. The third kappa shape index (κ3) is 3.42. The molecular weight excluding hydrogens is 428 g/mol. The summed E-state index contributed by atoms with van der Waals surface area (Å²) in [6.45, 7) is 0. The lowest BCUT2D eigenvalue weighted by Gasteiger charge is -2.06. The van der Waals surface area contributed by atoms with Gasteiger partial charge in [0.05, 0.1) is 4.88 Å². The van der Waals surface area contributed by atoms with Crippen LogP contribution in [0.15, 0.2) is 77.3 Å². The monoisotopic (exact) mass is 442 g/mol. The number of nitrogens with zero attached hydrogens (tertiary/aromatic N) is 2. The van der Waals surface area contributed by atoms with E-state index in [4.69, 9.17) is 9.63 Å². The lowest BCUT2D eigenvalue weighted by molar-refractivity contribution is 0.0643. The molecule has 0 saturated carbocycles. The van der Waals surface area contributed by atoms with E-state index >= 15 is 0 Å². The Hall–Kier alpha value is -4.30.